The van der Waals surface area contributed by atoms with Crippen molar-refractivity contribution in [3.63, 3.8) is 0 Å². The van der Waals surface area contributed by atoms with Crippen molar-refractivity contribution in [2.75, 3.05) is 13.2 Å². The molecule has 0 aromatic rings. The van der Waals surface area contributed by atoms with E-state index in [0.29, 0.717) is 25.9 Å². The van der Waals surface area contributed by atoms with Crippen molar-refractivity contribution < 1.29 is 24.5 Å². The SMILES string of the molecule is CCCCCCCCCCCCCCCCCCCCCC(O)C(CO)NC(=O)CCCCCCCCCCCCCCCCCCC/C=C\CCCCCCCCCCCCCCCCCCOC(=O)CCCCCCCCCCCCCCCCC. The molecule has 0 heterocycles. The summed E-state index contributed by atoms with van der Waals surface area (Å²) in [5, 5.41) is 23.4. The van der Waals surface area contributed by atoms with Crippen molar-refractivity contribution in [3.05, 3.63) is 12.2 Å². The number of amides is 1. The second kappa shape index (κ2) is 78.0. The fourth-order valence-corrected chi connectivity index (χ4v) is 13.3. The number of carbonyl (C=O) groups excluding carboxylic acids is 2. The van der Waals surface area contributed by atoms with Gasteiger partial charge in [-0.25, -0.2) is 0 Å². The van der Waals surface area contributed by atoms with Gasteiger partial charge in [-0.05, 0) is 51.4 Å². The number of aliphatic hydroxyl groups excluding tert-OH is 2. The molecule has 0 saturated heterocycles. The van der Waals surface area contributed by atoms with E-state index in [0.717, 1.165) is 38.5 Å². The van der Waals surface area contributed by atoms with Gasteiger partial charge in [-0.3, -0.25) is 9.59 Å². The molecule has 0 bridgehead atoms. The maximum Gasteiger partial charge on any atom is 0.305 e. The van der Waals surface area contributed by atoms with Crippen LogP contribution >= 0.6 is 0 Å². The molecule has 1 amide bonds. The van der Waals surface area contributed by atoms with Crippen LogP contribution in [0.5, 0.6) is 0 Å². The summed E-state index contributed by atoms with van der Waals surface area (Å²) in [7, 11) is 0. The van der Waals surface area contributed by atoms with Gasteiger partial charge < -0.3 is 20.3 Å². The van der Waals surface area contributed by atoms with Crippen molar-refractivity contribution in [1.82, 2.24) is 5.32 Å². The molecule has 0 rings (SSSR count). The Balaban J connectivity index is 3.32. The van der Waals surface area contributed by atoms with Gasteiger partial charge in [0.1, 0.15) is 0 Å². The van der Waals surface area contributed by atoms with E-state index in [2.05, 4.69) is 31.3 Å². The first kappa shape index (κ1) is 86.6. The Hall–Kier alpha value is -1.40. The highest BCUT2D eigenvalue weighted by molar-refractivity contribution is 5.76. The average Bonchev–Trinajstić information content (AvgIpc) is 3.58. The van der Waals surface area contributed by atoms with Crippen LogP contribution in [0.3, 0.4) is 0 Å². The summed E-state index contributed by atoms with van der Waals surface area (Å²) in [6.45, 7) is 5.02. The zero-order valence-corrected chi connectivity index (χ0v) is 60.3. The third-order valence-corrected chi connectivity index (χ3v) is 19.6. The van der Waals surface area contributed by atoms with Crippen molar-refractivity contribution in [3.8, 4) is 0 Å². The molecule has 2 unspecified atom stereocenters. The minimum Gasteiger partial charge on any atom is -0.466 e. The molecule has 524 valence electrons. The van der Waals surface area contributed by atoms with E-state index in [1.165, 1.54) is 405 Å². The normalized spacial score (nSPS) is 12.5. The van der Waals surface area contributed by atoms with E-state index in [1.54, 1.807) is 0 Å². The van der Waals surface area contributed by atoms with Gasteiger partial charge in [0.05, 0.1) is 25.4 Å². The van der Waals surface area contributed by atoms with Crippen molar-refractivity contribution in [1.29, 1.82) is 0 Å². The lowest BCUT2D eigenvalue weighted by atomic mass is 10.0. The Labute approximate surface area is 552 Å². The third-order valence-electron chi connectivity index (χ3n) is 19.6. The zero-order valence-electron chi connectivity index (χ0n) is 60.3. The average molecular weight is 1240 g/mol. The van der Waals surface area contributed by atoms with Gasteiger partial charge in [0.25, 0.3) is 0 Å². The maximum atomic E-state index is 12.6. The molecule has 0 aliphatic heterocycles. The number of aliphatic hydroxyl groups is 2. The number of ether oxygens (including phenoxy) is 1. The number of rotatable bonds is 78. The van der Waals surface area contributed by atoms with Crippen LogP contribution in [0, 0.1) is 0 Å². The van der Waals surface area contributed by atoms with Crippen LogP contribution in [-0.4, -0.2) is 47.4 Å². The van der Waals surface area contributed by atoms with Gasteiger partial charge in [0.15, 0.2) is 0 Å². The summed E-state index contributed by atoms with van der Waals surface area (Å²) in [6, 6.07) is -0.538. The first-order valence-electron chi connectivity index (χ1n) is 40.9. The Morgan fingerprint density at radius 2 is 0.534 bits per heavy atom. The Bertz CT molecular complexity index is 1340. The highest BCUT2D eigenvalue weighted by atomic mass is 16.5. The van der Waals surface area contributed by atoms with Crippen LogP contribution in [0.15, 0.2) is 12.2 Å². The first-order chi connectivity index (χ1) is 43.5. The molecule has 6 nitrogen and oxygen atoms in total. The number of allylic oxidation sites excluding steroid dienone is 2. The maximum absolute atomic E-state index is 12.6. The van der Waals surface area contributed by atoms with E-state index in [9.17, 15) is 19.8 Å². The van der Waals surface area contributed by atoms with Crippen molar-refractivity contribution >= 4 is 11.9 Å². The first-order valence-corrected chi connectivity index (χ1v) is 40.9. The minimum absolute atomic E-state index is 0.0256. The van der Waals surface area contributed by atoms with Crippen molar-refractivity contribution in [2.24, 2.45) is 0 Å². The second-order valence-corrected chi connectivity index (χ2v) is 28.5. The smallest absolute Gasteiger partial charge is 0.305 e. The molecule has 0 aromatic heterocycles. The fraction of sp³-hybridized carbons (Fsp3) is 0.951. The lowest BCUT2D eigenvalue weighted by molar-refractivity contribution is -0.143. The largest absolute Gasteiger partial charge is 0.466 e. The third kappa shape index (κ3) is 73.6. The molecule has 3 N–H and O–H groups in total. The number of esters is 1. The van der Waals surface area contributed by atoms with Crippen LogP contribution in [0.1, 0.15) is 476 Å². The number of unbranched alkanes of at least 4 members (excludes halogenated alkanes) is 65. The van der Waals surface area contributed by atoms with Crippen LogP contribution in [-0.2, 0) is 14.3 Å². The minimum atomic E-state index is -0.662. The number of nitrogens with one attached hydrogen (secondary N) is 1. The monoisotopic (exact) mass is 1240 g/mol. The molecule has 0 aliphatic carbocycles. The number of hydrogen-bond donors (Lipinski definition) is 3. The van der Waals surface area contributed by atoms with Crippen LogP contribution in [0.4, 0.5) is 0 Å². The summed E-state index contributed by atoms with van der Waals surface area (Å²) in [6.07, 6.45) is 98.9. The summed E-state index contributed by atoms with van der Waals surface area (Å²) in [5.41, 5.74) is 0. The van der Waals surface area contributed by atoms with E-state index in [4.69, 9.17) is 4.74 Å². The molecule has 0 aliphatic rings. The predicted molar refractivity (Wildman–Crippen MR) is 389 cm³/mol. The van der Waals surface area contributed by atoms with Crippen LogP contribution in [0.25, 0.3) is 0 Å². The lowest BCUT2D eigenvalue weighted by Crippen LogP contribution is -2.45. The Morgan fingerprint density at radius 3 is 0.807 bits per heavy atom. The second-order valence-electron chi connectivity index (χ2n) is 28.5. The highest BCUT2D eigenvalue weighted by Crippen LogP contribution is 2.21. The molecule has 0 radical (unpaired) electrons. The van der Waals surface area contributed by atoms with Gasteiger partial charge in [-0.1, -0.05) is 424 Å². The summed E-state index contributed by atoms with van der Waals surface area (Å²) < 4.78 is 5.51. The summed E-state index contributed by atoms with van der Waals surface area (Å²) >= 11 is 0. The van der Waals surface area contributed by atoms with E-state index in [1.807, 2.05) is 0 Å². The van der Waals surface area contributed by atoms with Gasteiger partial charge in [0.2, 0.25) is 5.91 Å². The molecular formula is C82H161NO5. The molecule has 0 aromatic carbocycles. The van der Waals surface area contributed by atoms with Gasteiger partial charge >= 0.3 is 5.97 Å². The van der Waals surface area contributed by atoms with E-state index < -0.39 is 12.1 Å². The van der Waals surface area contributed by atoms with Crippen LogP contribution < -0.4 is 5.32 Å². The number of carbonyl (C=O) groups is 2. The standard InChI is InChI=1S/C82H161NO5/c1-3-5-7-9-11-13-15-17-19-20-40-43-47-50-54-58-62-66-70-74-80(85)79(78-84)83-81(86)75-71-67-63-59-55-51-48-44-41-38-36-34-32-30-28-26-24-22-21-23-25-27-29-31-33-35-37-39-42-45-49-53-57-61-65-69-73-77-88-82(87)76-72-68-64-60-56-52-46-18-16-14-12-10-8-6-4-2/h21,23,79-80,84-85H,3-20,22,24-78H2,1-2H3,(H,83,86)/b23-21-. The van der Waals surface area contributed by atoms with E-state index in [-0.39, 0.29) is 18.5 Å². The lowest BCUT2D eigenvalue weighted by Gasteiger charge is -2.22. The van der Waals surface area contributed by atoms with E-state index >= 15 is 0 Å². The predicted octanol–water partition coefficient (Wildman–Crippen LogP) is 27.1. The van der Waals surface area contributed by atoms with Crippen LogP contribution in [0.2, 0.25) is 0 Å². The summed E-state index contributed by atoms with van der Waals surface area (Å²) in [5.74, 6) is -0.0000102. The Morgan fingerprint density at radius 1 is 0.307 bits per heavy atom. The fourth-order valence-electron chi connectivity index (χ4n) is 13.3. The molecule has 0 fully saturated rings. The molecular weight excluding hydrogens is 1080 g/mol. The molecule has 88 heavy (non-hydrogen) atoms. The summed E-state index contributed by atoms with van der Waals surface area (Å²) in [4.78, 5) is 24.6. The zero-order chi connectivity index (χ0) is 63.5. The molecule has 0 spiro atoms. The quantitative estimate of drug-likeness (QED) is 0.0320. The topological polar surface area (TPSA) is 95.9 Å². The number of hydrogen-bond acceptors (Lipinski definition) is 5. The van der Waals surface area contributed by atoms with Crippen molar-refractivity contribution in [2.45, 2.75) is 488 Å². The Kier molecular flexibility index (Phi) is 76.8. The van der Waals surface area contributed by atoms with Gasteiger partial charge in [0, 0.05) is 12.8 Å². The van der Waals surface area contributed by atoms with Gasteiger partial charge in [-0.2, -0.15) is 0 Å². The van der Waals surface area contributed by atoms with Gasteiger partial charge in [-0.15, -0.1) is 0 Å². The molecule has 2 atom stereocenters. The highest BCUT2D eigenvalue weighted by Gasteiger charge is 2.20. The molecule has 6 heteroatoms. The molecule has 0 saturated carbocycles.